The van der Waals surface area contributed by atoms with Gasteiger partial charge >= 0.3 is 0 Å². The maximum absolute atomic E-state index is 5.46. The average molecular weight is 757 g/mol. The number of hydrogen-bond donors (Lipinski definition) is 0. The lowest BCUT2D eigenvalue weighted by molar-refractivity contribution is 1.25. The van der Waals surface area contributed by atoms with Crippen LogP contribution in [0.15, 0.2) is 176 Å². The molecule has 4 nitrogen and oxygen atoms in total. The maximum atomic E-state index is 5.46. The SMILES string of the molecule is Cc1c(-c2cccc3ncccc23)nc2cc3ccccc3cc2c1-c1ccc(-c2nc(-c3cc4ccccc4c4ccccc34)nc3c2sc2ccccc23)cc1. The highest BCUT2D eigenvalue weighted by Gasteiger charge is 2.21. The molecule has 0 saturated heterocycles. The zero-order valence-electron chi connectivity index (χ0n) is 31.4. The van der Waals surface area contributed by atoms with Gasteiger partial charge in [0.15, 0.2) is 5.82 Å². The Hall–Kier alpha value is -7.34. The number of pyridine rings is 2. The van der Waals surface area contributed by atoms with Gasteiger partial charge in [-0.3, -0.25) is 4.98 Å². The van der Waals surface area contributed by atoms with Gasteiger partial charge in [0.05, 0.1) is 32.6 Å². The molecule has 4 heterocycles. The summed E-state index contributed by atoms with van der Waals surface area (Å²) in [6.07, 6.45) is 1.85. The van der Waals surface area contributed by atoms with Crippen molar-refractivity contribution < 1.29 is 0 Å². The second-order valence-corrected chi connectivity index (χ2v) is 16.0. The number of fused-ring (bicyclic) bond motifs is 9. The number of aromatic nitrogens is 4. The monoisotopic (exact) mass is 756 g/mol. The molecule has 270 valence electrons. The van der Waals surface area contributed by atoms with Crippen LogP contribution in [0, 0.1) is 6.92 Å². The van der Waals surface area contributed by atoms with Crippen LogP contribution in [-0.2, 0) is 0 Å². The standard InChI is InChI=1S/C53H32N4S/c1-31-48(44-28-34-12-2-3-13-35(34)30-46(44)55-49(31)41-19-10-21-45-40(41)20-11-27-54-45)32-23-25-33(26-24-32)50-52-51(42-18-8-9-22-47(42)58-52)57-53(56-50)43-29-36-14-4-5-15-37(36)38-16-6-7-17-39(38)43/h2-30H,1H3. The molecule has 0 N–H and O–H groups in total. The normalized spacial score (nSPS) is 11.9. The van der Waals surface area contributed by atoms with Crippen LogP contribution in [0.5, 0.6) is 0 Å². The Balaban J connectivity index is 1.09. The third-order valence-corrected chi connectivity index (χ3v) is 12.8. The van der Waals surface area contributed by atoms with Crippen LogP contribution in [0.1, 0.15) is 5.56 Å². The molecule has 12 aromatic rings. The van der Waals surface area contributed by atoms with Crippen molar-refractivity contribution in [2.24, 2.45) is 0 Å². The van der Waals surface area contributed by atoms with E-state index in [4.69, 9.17) is 15.0 Å². The third-order valence-electron chi connectivity index (χ3n) is 11.7. The van der Waals surface area contributed by atoms with Gasteiger partial charge in [-0.05, 0) is 92.3 Å². The summed E-state index contributed by atoms with van der Waals surface area (Å²) in [5.74, 6) is 0.731. The summed E-state index contributed by atoms with van der Waals surface area (Å²) in [6, 6.07) is 60.5. The lowest BCUT2D eigenvalue weighted by Gasteiger charge is -2.17. The zero-order chi connectivity index (χ0) is 38.3. The topological polar surface area (TPSA) is 51.6 Å². The highest BCUT2D eigenvalue weighted by Crippen LogP contribution is 2.44. The molecule has 0 aliphatic carbocycles. The average Bonchev–Trinajstić information content (AvgIpc) is 3.66. The summed E-state index contributed by atoms with van der Waals surface area (Å²) in [6.45, 7) is 2.21. The van der Waals surface area contributed by atoms with Gasteiger partial charge in [-0.25, -0.2) is 15.0 Å². The molecule has 4 aromatic heterocycles. The van der Waals surface area contributed by atoms with Crippen LogP contribution in [0.4, 0.5) is 0 Å². The van der Waals surface area contributed by atoms with E-state index in [1.807, 2.05) is 12.3 Å². The van der Waals surface area contributed by atoms with Crippen molar-refractivity contribution in [1.82, 2.24) is 19.9 Å². The van der Waals surface area contributed by atoms with Crippen molar-refractivity contribution in [2.75, 3.05) is 0 Å². The quantitative estimate of drug-likeness (QED) is 0.133. The molecule has 58 heavy (non-hydrogen) atoms. The molecule has 0 amide bonds. The van der Waals surface area contributed by atoms with Crippen molar-refractivity contribution in [3.8, 4) is 45.0 Å². The van der Waals surface area contributed by atoms with Gasteiger partial charge < -0.3 is 0 Å². The molecule has 8 aromatic carbocycles. The van der Waals surface area contributed by atoms with E-state index in [2.05, 4.69) is 176 Å². The minimum absolute atomic E-state index is 0.731. The van der Waals surface area contributed by atoms with Gasteiger partial charge in [0.25, 0.3) is 0 Å². The number of nitrogens with zero attached hydrogens (tertiary/aromatic N) is 4. The van der Waals surface area contributed by atoms with Crippen LogP contribution >= 0.6 is 11.3 Å². The summed E-state index contributed by atoms with van der Waals surface area (Å²) >= 11 is 1.76. The highest BCUT2D eigenvalue weighted by atomic mass is 32.1. The molecule has 0 atom stereocenters. The first-order valence-electron chi connectivity index (χ1n) is 19.5. The Bertz CT molecular complexity index is 3640. The van der Waals surface area contributed by atoms with E-state index in [0.29, 0.717) is 0 Å². The van der Waals surface area contributed by atoms with Crippen LogP contribution in [0.2, 0.25) is 0 Å². The number of hydrogen-bond acceptors (Lipinski definition) is 5. The molecule has 0 fully saturated rings. The lowest BCUT2D eigenvalue weighted by atomic mass is 9.90. The summed E-state index contributed by atoms with van der Waals surface area (Å²) in [5.41, 5.74) is 11.4. The first kappa shape index (κ1) is 32.9. The second-order valence-electron chi connectivity index (χ2n) is 15.0. The van der Waals surface area contributed by atoms with E-state index in [9.17, 15) is 0 Å². The summed E-state index contributed by atoms with van der Waals surface area (Å²) in [7, 11) is 0. The highest BCUT2D eigenvalue weighted by molar-refractivity contribution is 7.26. The van der Waals surface area contributed by atoms with Crippen molar-refractivity contribution in [2.45, 2.75) is 6.92 Å². The van der Waals surface area contributed by atoms with Gasteiger partial charge in [-0.1, -0.05) is 133 Å². The fraction of sp³-hybridized carbons (Fsp3) is 0.0189. The van der Waals surface area contributed by atoms with E-state index >= 15 is 0 Å². The van der Waals surface area contributed by atoms with E-state index in [1.165, 1.54) is 37.2 Å². The first-order chi connectivity index (χ1) is 28.7. The Morgan fingerprint density at radius 1 is 0.431 bits per heavy atom. The van der Waals surface area contributed by atoms with Gasteiger partial charge in [-0.15, -0.1) is 11.3 Å². The van der Waals surface area contributed by atoms with Crippen molar-refractivity contribution >= 4 is 85.8 Å². The van der Waals surface area contributed by atoms with Crippen molar-refractivity contribution in [3.05, 3.63) is 182 Å². The van der Waals surface area contributed by atoms with E-state index < -0.39 is 0 Å². The number of rotatable bonds is 4. The molecule has 12 rings (SSSR count). The van der Waals surface area contributed by atoms with E-state index in [1.54, 1.807) is 11.3 Å². The van der Waals surface area contributed by atoms with E-state index in [0.717, 1.165) is 87.8 Å². The molecule has 5 heteroatoms. The molecule has 0 aliphatic rings. The Labute approximate surface area is 337 Å². The van der Waals surface area contributed by atoms with Gasteiger partial charge in [0, 0.05) is 43.7 Å². The number of benzene rings is 8. The molecular weight excluding hydrogens is 725 g/mol. The lowest BCUT2D eigenvalue weighted by Crippen LogP contribution is -1.97. The Kier molecular flexibility index (Phi) is 7.28. The minimum Gasteiger partial charge on any atom is -0.256 e. The molecular formula is C53H32N4S. The Morgan fingerprint density at radius 3 is 1.97 bits per heavy atom. The van der Waals surface area contributed by atoms with Crippen LogP contribution in [-0.4, -0.2) is 19.9 Å². The summed E-state index contributed by atoms with van der Waals surface area (Å²) in [4.78, 5) is 20.9. The van der Waals surface area contributed by atoms with Crippen LogP contribution < -0.4 is 0 Å². The smallest absolute Gasteiger partial charge is 0.161 e. The molecule has 0 aliphatic heterocycles. The fourth-order valence-electron chi connectivity index (χ4n) is 8.93. The summed E-state index contributed by atoms with van der Waals surface area (Å²) < 4.78 is 2.29. The predicted molar refractivity (Wildman–Crippen MR) is 245 cm³/mol. The maximum Gasteiger partial charge on any atom is 0.161 e. The van der Waals surface area contributed by atoms with Gasteiger partial charge in [-0.2, -0.15) is 0 Å². The number of thiophene rings is 1. The van der Waals surface area contributed by atoms with E-state index in [-0.39, 0.29) is 0 Å². The molecule has 0 spiro atoms. The fourth-order valence-corrected chi connectivity index (χ4v) is 10.1. The second kappa shape index (κ2) is 12.8. The largest absolute Gasteiger partial charge is 0.256 e. The molecule has 0 radical (unpaired) electrons. The third kappa shape index (κ3) is 5.07. The Morgan fingerprint density at radius 2 is 1.12 bits per heavy atom. The van der Waals surface area contributed by atoms with Gasteiger partial charge in [0.2, 0.25) is 0 Å². The van der Waals surface area contributed by atoms with Crippen molar-refractivity contribution in [3.63, 3.8) is 0 Å². The van der Waals surface area contributed by atoms with Crippen molar-refractivity contribution in [1.29, 1.82) is 0 Å². The summed E-state index contributed by atoms with van der Waals surface area (Å²) in [5, 5.41) is 10.5. The molecule has 0 unspecified atom stereocenters. The van der Waals surface area contributed by atoms with Gasteiger partial charge in [0.1, 0.15) is 0 Å². The minimum atomic E-state index is 0.731. The zero-order valence-corrected chi connectivity index (χ0v) is 32.3. The molecule has 0 bridgehead atoms. The van der Waals surface area contributed by atoms with Crippen LogP contribution in [0.25, 0.3) is 119 Å². The first-order valence-corrected chi connectivity index (χ1v) is 20.4. The van der Waals surface area contributed by atoms with Crippen LogP contribution in [0.3, 0.4) is 0 Å². The predicted octanol–water partition coefficient (Wildman–Crippen LogP) is 14.4. The molecule has 0 saturated carbocycles.